The van der Waals surface area contributed by atoms with E-state index in [9.17, 15) is 5.11 Å². The minimum Gasteiger partial charge on any atom is -0.390 e. The first-order valence-corrected chi connectivity index (χ1v) is 4.17. The van der Waals surface area contributed by atoms with Crippen molar-refractivity contribution in [1.29, 1.82) is 0 Å². The van der Waals surface area contributed by atoms with Crippen molar-refractivity contribution < 1.29 is 5.11 Å². The lowest BCUT2D eigenvalue weighted by Gasteiger charge is -2.40. The zero-order valence-corrected chi connectivity index (χ0v) is 7.38. The van der Waals surface area contributed by atoms with Crippen molar-refractivity contribution >= 4 is 0 Å². The van der Waals surface area contributed by atoms with Gasteiger partial charge in [0.2, 0.25) is 0 Å². The highest BCUT2D eigenvalue weighted by Crippen LogP contribution is 2.25. The Balaban J connectivity index is 2.56. The number of nitrogens with zero attached hydrogens (tertiary/aromatic N) is 1. The van der Waals surface area contributed by atoms with Gasteiger partial charge >= 0.3 is 0 Å². The van der Waals surface area contributed by atoms with E-state index in [1.54, 1.807) is 0 Å². The second kappa shape index (κ2) is 3.09. The molecule has 3 heteroatoms. The van der Waals surface area contributed by atoms with Crippen LogP contribution in [0.3, 0.4) is 0 Å². The van der Waals surface area contributed by atoms with Crippen LogP contribution in [0, 0.1) is 5.92 Å². The number of likely N-dealkylation sites (tertiary alicyclic amines) is 1. The first-order valence-electron chi connectivity index (χ1n) is 4.17. The highest BCUT2D eigenvalue weighted by atomic mass is 16.3. The maximum atomic E-state index is 9.85. The number of rotatable bonds is 1. The van der Waals surface area contributed by atoms with Crippen LogP contribution in [0.25, 0.3) is 0 Å². The number of nitrogens with two attached hydrogens (primary N) is 1. The molecule has 2 unspecified atom stereocenters. The quantitative estimate of drug-likeness (QED) is 0.548. The highest BCUT2D eigenvalue weighted by molar-refractivity contribution is 4.89. The molecule has 3 nitrogen and oxygen atoms in total. The summed E-state index contributed by atoms with van der Waals surface area (Å²) in [4.78, 5) is 2.22. The van der Waals surface area contributed by atoms with Gasteiger partial charge < -0.3 is 15.7 Å². The Bertz CT molecular complexity index is 136. The molecule has 0 aromatic carbocycles. The molecule has 0 radical (unpaired) electrons. The van der Waals surface area contributed by atoms with Gasteiger partial charge in [0, 0.05) is 19.0 Å². The fourth-order valence-corrected chi connectivity index (χ4v) is 1.61. The maximum Gasteiger partial charge on any atom is 0.0684 e. The summed E-state index contributed by atoms with van der Waals surface area (Å²) in [6.07, 6.45) is 0.839. The average molecular weight is 158 g/mol. The van der Waals surface area contributed by atoms with Crippen LogP contribution < -0.4 is 5.73 Å². The molecule has 1 fully saturated rings. The molecule has 0 amide bonds. The third kappa shape index (κ3) is 1.92. The van der Waals surface area contributed by atoms with Crippen LogP contribution in [0.15, 0.2) is 0 Å². The molecule has 1 rings (SSSR count). The predicted molar refractivity (Wildman–Crippen MR) is 45.3 cm³/mol. The summed E-state index contributed by atoms with van der Waals surface area (Å²) in [5.74, 6) is 0.237. The van der Waals surface area contributed by atoms with Crippen molar-refractivity contribution in [1.82, 2.24) is 4.90 Å². The largest absolute Gasteiger partial charge is 0.390 e. The first-order chi connectivity index (χ1) is 5.06. The minimum atomic E-state index is -0.540. The van der Waals surface area contributed by atoms with Gasteiger partial charge in [0.05, 0.1) is 5.60 Å². The molecule has 0 spiro atoms. The van der Waals surface area contributed by atoms with Crippen LogP contribution in [-0.4, -0.2) is 42.3 Å². The molecular formula is C8H18N2O. The summed E-state index contributed by atoms with van der Waals surface area (Å²) in [6, 6.07) is 0. The summed E-state index contributed by atoms with van der Waals surface area (Å²) in [6.45, 7) is 4.36. The standard InChI is InChI=1S/C8H18N2O/c1-8(11)3-4-10(2)6-7(8)5-9/h7,11H,3-6,9H2,1-2H3. The Hall–Kier alpha value is -0.120. The van der Waals surface area contributed by atoms with Crippen LogP contribution in [0.1, 0.15) is 13.3 Å². The van der Waals surface area contributed by atoms with Gasteiger partial charge in [0.25, 0.3) is 0 Å². The van der Waals surface area contributed by atoms with E-state index in [-0.39, 0.29) is 5.92 Å². The number of piperidine rings is 1. The average Bonchev–Trinajstić information content (AvgIpc) is 1.94. The lowest BCUT2D eigenvalue weighted by molar-refractivity contribution is -0.0483. The molecular weight excluding hydrogens is 140 g/mol. The molecule has 1 saturated heterocycles. The van der Waals surface area contributed by atoms with Crippen LogP contribution in [-0.2, 0) is 0 Å². The van der Waals surface area contributed by atoms with Crippen molar-refractivity contribution in [3.8, 4) is 0 Å². The monoisotopic (exact) mass is 158 g/mol. The van der Waals surface area contributed by atoms with Crippen molar-refractivity contribution in [3.63, 3.8) is 0 Å². The second-order valence-corrected chi connectivity index (χ2v) is 3.80. The van der Waals surface area contributed by atoms with Crippen molar-refractivity contribution in [2.75, 3.05) is 26.7 Å². The summed E-state index contributed by atoms with van der Waals surface area (Å²) in [7, 11) is 2.07. The Labute approximate surface area is 68.2 Å². The highest BCUT2D eigenvalue weighted by Gasteiger charge is 2.35. The van der Waals surface area contributed by atoms with E-state index in [0.717, 1.165) is 19.5 Å². The Morgan fingerprint density at radius 2 is 2.36 bits per heavy atom. The molecule has 0 bridgehead atoms. The molecule has 3 N–H and O–H groups in total. The third-order valence-corrected chi connectivity index (χ3v) is 2.70. The Kier molecular flexibility index (Phi) is 2.52. The number of hydrogen-bond donors (Lipinski definition) is 2. The summed E-state index contributed by atoms with van der Waals surface area (Å²) < 4.78 is 0. The SMILES string of the molecule is CN1CCC(C)(O)C(CN)C1. The minimum absolute atomic E-state index is 0.237. The first kappa shape index (κ1) is 8.97. The van der Waals surface area contributed by atoms with E-state index in [1.165, 1.54) is 0 Å². The number of hydrogen-bond acceptors (Lipinski definition) is 3. The normalized spacial score (nSPS) is 40.9. The van der Waals surface area contributed by atoms with Crippen LogP contribution in [0.4, 0.5) is 0 Å². The zero-order chi connectivity index (χ0) is 8.48. The van der Waals surface area contributed by atoms with Gasteiger partial charge in [0.15, 0.2) is 0 Å². The van der Waals surface area contributed by atoms with Gasteiger partial charge in [0.1, 0.15) is 0 Å². The Morgan fingerprint density at radius 3 is 2.82 bits per heavy atom. The summed E-state index contributed by atoms with van der Waals surface area (Å²) >= 11 is 0. The molecule has 0 saturated carbocycles. The topological polar surface area (TPSA) is 49.5 Å². The molecule has 1 aliphatic heterocycles. The molecule has 0 aromatic heterocycles. The lowest BCUT2D eigenvalue weighted by atomic mass is 9.83. The van der Waals surface area contributed by atoms with E-state index in [1.807, 2.05) is 6.92 Å². The van der Waals surface area contributed by atoms with Crippen LogP contribution in [0.5, 0.6) is 0 Å². The molecule has 0 aliphatic carbocycles. The van der Waals surface area contributed by atoms with Gasteiger partial charge in [-0.25, -0.2) is 0 Å². The molecule has 1 aliphatic rings. The van der Waals surface area contributed by atoms with Crippen LogP contribution in [0.2, 0.25) is 0 Å². The Morgan fingerprint density at radius 1 is 1.73 bits per heavy atom. The van der Waals surface area contributed by atoms with E-state index in [0.29, 0.717) is 6.54 Å². The molecule has 66 valence electrons. The fraction of sp³-hybridized carbons (Fsp3) is 1.00. The summed E-state index contributed by atoms with van der Waals surface area (Å²) in [5, 5.41) is 9.85. The van der Waals surface area contributed by atoms with Crippen LogP contribution >= 0.6 is 0 Å². The van der Waals surface area contributed by atoms with Gasteiger partial charge in [-0.1, -0.05) is 0 Å². The van der Waals surface area contributed by atoms with Crippen molar-refractivity contribution in [2.24, 2.45) is 11.7 Å². The van der Waals surface area contributed by atoms with Crippen molar-refractivity contribution in [2.45, 2.75) is 18.9 Å². The number of aliphatic hydroxyl groups is 1. The van der Waals surface area contributed by atoms with Gasteiger partial charge in [-0.05, 0) is 26.9 Å². The van der Waals surface area contributed by atoms with Gasteiger partial charge in [-0.3, -0.25) is 0 Å². The van der Waals surface area contributed by atoms with E-state index in [4.69, 9.17) is 5.73 Å². The van der Waals surface area contributed by atoms with Gasteiger partial charge in [-0.15, -0.1) is 0 Å². The van der Waals surface area contributed by atoms with E-state index >= 15 is 0 Å². The van der Waals surface area contributed by atoms with E-state index < -0.39 is 5.60 Å². The second-order valence-electron chi connectivity index (χ2n) is 3.80. The third-order valence-electron chi connectivity index (χ3n) is 2.70. The lowest BCUT2D eigenvalue weighted by Crippen LogP contribution is -2.51. The smallest absolute Gasteiger partial charge is 0.0684 e. The molecule has 11 heavy (non-hydrogen) atoms. The molecule has 1 heterocycles. The van der Waals surface area contributed by atoms with Gasteiger partial charge in [-0.2, -0.15) is 0 Å². The molecule has 0 aromatic rings. The fourth-order valence-electron chi connectivity index (χ4n) is 1.61. The summed E-state index contributed by atoms with van der Waals surface area (Å²) in [5.41, 5.74) is 5.01. The van der Waals surface area contributed by atoms with E-state index in [2.05, 4.69) is 11.9 Å². The van der Waals surface area contributed by atoms with Crippen molar-refractivity contribution in [3.05, 3.63) is 0 Å². The molecule has 2 atom stereocenters. The maximum absolute atomic E-state index is 9.85. The zero-order valence-electron chi connectivity index (χ0n) is 7.38. The predicted octanol–water partition coefficient (Wildman–Crippen LogP) is -0.352.